The van der Waals surface area contributed by atoms with E-state index in [1.54, 1.807) is 13.3 Å². The summed E-state index contributed by atoms with van der Waals surface area (Å²) in [4.78, 5) is 3.87. The van der Waals surface area contributed by atoms with Gasteiger partial charge in [-0.2, -0.15) is 0 Å². The van der Waals surface area contributed by atoms with Crippen LogP contribution in [0.5, 0.6) is 0 Å². The van der Waals surface area contributed by atoms with Gasteiger partial charge in [0, 0.05) is 19.0 Å². The molecule has 0 aliphatic heterocycles. The van der Waals surface area contributed by atoms with Crippen LogP contribution in [0.2, 0.25) is 0 Å². The van der Waals surface area contributed by atoms with E-state index < -0.39 is 0 Å². The lowest BCUT2D eigenvalue weighted by Crippen LogP contribution is -1.98. The van der Waals surface area contributed by atoms with Crippen molar-refractivity contribution in [1.82, 2.24) is 0 Å². The second-order valence-corrected chi connectivity index (χ2v) is 1.95. The first-order chi connectivity index (χ1) is 4.22. The Morgan fingerprint density at radius 3 is 2.33 bits per heavy atom. The summed E-state index contributed by atoms with van der Waals surface area (Å²) in [5.74, 6) is 0. The maximum atomic E-state index is 5.52. The van der Waals surface area contributed by atoms with Gasteiger partial charge in [-0.1, -0.05) is 6.92 Å². The summed E-state index contributed by atoms with van der Waals surface area (Å²) in [6.07, 6.45) is 2.76. The number of nitrogens with zero attached hydrogens (tertiary/aromatic N) is 1. The molecule has 0 amide bonds. The highest BCUT2D eigenvalue weighted by atomic mass is 14.6. The topological polar surface area (TPSA) is 38.4 Å². The molecular formula is C7H14N2. The quantitative estimate of drug-likeness (QED) is 0.557. The fourth-order valence-corrected chi connectivity index (χ4v) is 0.628. The first-order valence-electron chi connectivity index (χ1n) is 3.09. The van der Waals surface area contributed by atoms with Crippen molar-refractivity contribution in [1.29, 1.82) is 0 Å². The van der Waals surface area contributed by atoms with Crippen LogP contribution in [0, 0.1) is 0 Å². The number of allylic oxidation sites excluding steroid dienone is 2. The van der Waals surface area contributed by atoms with Crippen LogP contribution >= 0.6 is 0 Å². The summed E-state index contributed by atoms with van der Waals surface area (Å²) in [5.41, 5.74) is 7.51. The third-order valence-corrected chi connectivity index (χ3v) is 1.17. The summed E-state index contributed by atoms with van der Waals surface area (Å²) >= 11 is 0. The molecule has 0 aromatic rings. The van der Waals surface area contributed by atoms with Crippen LogP contribution in [-0.2, 0) is 0 Å². The van der Waals surface area contributed by atoms with E-state index in [-0.39, 0.29) is 0 Å². The molecule has 0 radical (unpaired) electrons. The fraction of sp³-hybridized carbons (Fsp3) is 0.571. The van der Waals surface area contributed by atoms with E-state index in [0.717, 1.165) is 17.7 Å². The van der Waals surface area contributed by atoms with E-state index in [1.165, 1.54) is 0 Å². The first-order valence-corrected chi connectivity index (χ1v) is 3.09. The van der Waals surface area contributed by atoms with Crippen LogP contribution in [0.3, 0.4) is 0 Å². The van der Waals surface area contributed by atoms with Crippen molar-refractivity contribution >= 4 is 6.21 Å². The summed E-state index contributed by atoms with van der Waals surface area (Å²) in [6, 6.07) is 0. The highest BCUT2D eigenvalue weighted by molar-refractivity contribution is 5.79. The number of nitrogens with two attached hydrogens (primary N) is 1. The third-order valence-electron chi connectivity index (χ3n) is 1.17. The van der Waals surface area contributed by atoms with Gasteiger partial charge >= 0.3 is 0 Å². The van der Waals surface area contributed by atoms with Gasteiger partial charge in [0.25, 0.3) is 0 Å². The molecule has 0 aromatic heterocycles. The standard InChI is InChI=1S/C7H14N2/c1-4-7(5-9-3)6(2)8/h5H,4,8H2,1-3H3/b7-6-,9-5?. The molecule has 0 aliphatic rings. The predicted octanol–water partition coefficient (Wildman–Crippen LogP) is 1.33. The third kappa shape index (κ3) is 2.90. The minimum Gasteiger partial charge on any atom is -0.402 e. The number of hydrogen-bond donors (Lipinski definition) is 1. The molecule has 0 saturated carbocycles. The zero-order valence-electron chi connectivity index (χ0n) is 6.31. The molecule has 0 unspecified atom stereocenters. The Kier molecular flexibility index (Phi) is 3.76. The molecule has 52 valence electrons. The van der Waals surface area contributed by atoms with E-state index in [9.17, 15) is 0 Å². The first kappa shape index (κ1) is 8.21. The van der Waals surface area contributed by atoms with Crippen molar-refractivity contribution in [2.75, 3.05) is 7.05 Å². The monoisotopic (exact) mass is 126 g/mol. The van der Waals surface area contributed by atoms with Gasteiger partial charge < -0.3 is 5.73 Å². The average molecular weight is 126 g/mol. The normalized spacial score (nSPS) is 14.1. The van der Waals surface area contributed by atoms with Gasteiger partial charge in [0.1, 0.15) is 0 Å². The van der Waals surface area contributed by atoms with Crippen molar-refractivity contribution in [3.8, 4) is 0 Å². The van der Waals surface area contributed by atoms with Gasteiger partial charge in [0.2, 0.25) is 0 Å². The van der Waals surface area contributed by atoms with E-state index in [0.29, 0.717) is 0 Å². The van der Waals surface area contributed by atoms with Gasteiger partial charge in [0.05, 0.1) is 0 Å². The minimum absolute atomic E-state index is 0.864. The Balaban J connectivity index is 4.16. The van der Waals surface area contributed by atoms with Gasteiger partial charge in [-0.15, -0.1) is 0 Å². The molecule has 2 nitrogen and oxygen atoms in total. The smallest absolute Gasteiger partial charge is 0.0277 e. The van der Waals surface area contributed by atoms with Crippen LogP contribution in [0.15, 0.2) is 16.3 Å². The zero-order chi connectivity index (χ0) is 7.28. The van der Waals surface area contributed by atoms with E-state index >= 15 is 0 Å². The zero-order valence-corrected chi connectivity index (χ0v) is 6.31. The highest BCUT2D eigenvalue weighted by Gasteiger charge is 1.89. The van der Waals surface area contributed by atoms with E-state index in [1.807, 2.05) is 6.92 Å². The van der Waals surface area contributed by atoms with Gasteiger partial charge in [-0.3, -0.25) is 4.99 Å². The summed E-state index contributed by atoms with van der Waals surface area (Å²) in [5, 5.41) is 0. The van der Waals surface area contributed by atoms with Crippen LogP contribution in [-0.4, -0.2) is 13.3 Å². The van der Waals surface area contributed by atoms with Crippen molar-refractivity contribution in [3.63, 3.8) is 0 Å². The molecule has 0 spiro atoms. The Labute approximate surface area is 56.5 Å². The van der Waals surface area contributed by atoms with Gasteiger partial charge in [0.15, 0.2) is 0 Å². The van der Waals surface area contributed by atoms with Crippen molar-refractivity contribution < 1.29 is 0 Å². The lowest BCUT2D eigenvalue weighted by molar-refractivity contribution is 1.11. The summed E-state index contributed by atoms with van der Waals surface area (Å²) < 4.78 is 0. The minimum atomic E-state index is 0.864. The van der Waals surface area contributed by atoms with Crippen LogP contribution in [0.4, 0.5) is 0 Å². The lowest BCUT2D eigenvalue weighted by atomic mass is 10.2. The summed E-state index contributed by atoms with van der Waals surface area (Å²) in [7, 11) is 1.75. The van der Waals surface area contributed by atoms with Gasteiger partial charge in [-0.25, -0.2) is 0 Å². The molecule has 0 fully saturated rings. The molecule has 0 bridgehead atoms. The fourth-order valence-electron chi connectivity index (χ4n) is 0.628. The Bertz CT molecular complexity index is 130. The van der Waals surface area contributed by atoms with Crippen LogP contribution in [0.25, 0.3) is 0 Å². The molecule has 9 heavy (non-hydrogen) atoms. The predicted molar refractivity (Wildman–Crippen MR) is 41.6 cm³/mol. The SMILES string of the molecule is CC/C(C=NC)=C(\C)N. The largest absolute Gasteiger partial charge is 0.402 e. The van der Waals surface area contributed by atoms with Crippen molar-refractivity contribution in [3.05, 3.63) is 11.3 Å². The van der Waals surface area contributed by atoms with E-state index in [4.69, 9.17) is 5.73 Å². The molecule has 2 heteroatoms. The Hall–Kier alpha value is -0.790. The molecule has 0 saturated heterocycles. The highest BCUT2D eigenvalue weighted by Crippen LogP contribution is 1.99. The molecule has 0 atom stereocenters. The lowest BCUT2D eigenvalue weighted by Gasteiger charge is -1.97. The van der Waals surface area contributed by atoms with Crippen LogP contribution < -0.4 is 5.73 Å². The molecule has 0 rings (SSSR count). The maximum absolute atomic E-state index is 5.52. The maximum Gasteiger partial charge on any atom is 0.0277 e. The van der Waals surface area contributed by atoms with Crippen molar-refractivity contribution in [2.45, 2.75) is 20.3 Å². The van der Waals surface area contributed by atoms with Crippen LogP contribution in [0.1, 0.15) is 20.3 Å². The average Bonchev–Trinajstić information content (AvgIpc) is 1.82. The second kappa shape index (κ2) is 4.13. The molecule has 0 aromatic carbocycles. The van der Waals surface area contributed by atoms with Crippen molar-refractivity contribution in [2.24, 2.45) is 10.7 Å². The summed E-state index contributed by atoms with van der Waals surface area (Å²) in [6.45, 7) is 3.95. The second-order valence-electron chi connectivity index (χ2n) is 1.95. The van der Waals surface area contributed by atoms with E-state index in [2.05, 4.69) is 11.9 Å². The number of hydrogen-bond acceptors (Lipinski definition) is 2. The van der Waals surface area contributed by atoms with Gasteiger partial charge in [-0.05, 0) is 18.9 Å². The molecular weight excluding hydrogens is 112 g/mol. The Morgan fingerprint density at radius 1 is 1.67 bits per heavy atom. The Morgan fingerprint density at radius 2 is 2.22 bits per heavy atom. The number of aliphatic imine (C=N–C) groups is 1. The molecule has 0 heterocycles. The molecule has 0 aliphatic carbocycles. The molecule has 2 N–H and O–H groups in total. The number of rotatable bonds is 2.